The van der Waals surface area contributed by atoms with E-state index in [0.717, 1.165) is 47.5 Å². The third kappa shape index (κ3) is 2.86. The van der Waals surface area contributed by atoms with E-state index in [1.165, 1.54) is 6.33 Å². The highest BCUT2D eigenvalue weighted by atomic mass is 16.2. The minimum atomic E-state index is -0.122. The zero-order valence-electron chi connectivity index (χ0n) is 15.2. The quantitative estimate of drug-likeness (QED) is 0.662. The van der Waals surface area contributed by atoms with Crippen LogP contribution in [0.25, 0.3) is 16.9 Å². The van der Waals surface area contributed by atoms with Crippen LogP contribution in [0.3, 0.4) is 0 Å². The molecule has 0 aromatic carbocycles. The van der Waals surface area contributed by atoms with E-state index in [9.17, 15) is 4.79 Å². The molecule has 0 spiro atoms. The first-order chi connectivity index (χ1) is 12.5. The van der Waals surface area contributed by atoms with Crippen LogP contribution in [0.5, 0.6) is 0 Å². The van der Waals surface area contributed by atoms with Crippen molar-refractivity contribution in [2.75, 3.05) is 13.1 Å². The molecule has 3 aromatic heterocycles. The summed E-state index contributed by atoms with van der Waals surface area (Å²) in [6, 6.07) is 2.21. The smallest absolute Gasteiger partial charge is 0.272 e. The number of fused-ring (bicyclic) bond motifs is 1. The Kier molecular flexibility index (Phi) is 4.20. The largest absolute Gasteiger partial charge is 0.347 e. The van der Waals surface area contributed by atoms with Gasteiger partial charge in [-0.05, 0) is 37.4 Å². The number of H-pyrrole nitrogens is 1. The van der Waals surface area contributed by atoms with E-state index in [2.05, 4.69) is 44.8 Å². The zero-order chi connectivity index (χ0) is 18.3. The fourth-order valence-electron chi connectivity index (χ4n) is 3.57. The highest BCUT2D eigenvalue weighted by Crippen LogP contribution is 2.31. The summed E-state index contributed by atoms with van der Waals surface area (Å²) >= 11 is 0. The number of nitrogens with one attached hydrogen (secondary N) is 3. The molecule has 0 bridgehead atoms. The van der Waals surface area contributed by atoms with Crippen molar-refractivity contribution in [3.8, 4) is 11.3 Å². The van der Waals surface area contributed by atoms with Crippen molar-refractivity contribution in [1.82, 2.24) is 35.4 Å². The Morgan fingerprint density at radius 2 is 2.27 bits per heavy atom. The average molecular weight is 353 g/mol. The van der Waals surface area contributed by atoms with Gasteiger partial charge in [-0.1, -0.05) is 13.8 Å². The summed E-state index contributed by atoms with van der Waals surface area (Å²) < 4.78 is 1.75. The molecule has 26 heavy (non-hydrogen) atoms. The average Bonchev–Trinajstić information content (AvgIpc) is 3.34. The molecule has 0 saturated carbocycles. The van der Waals surface area contributed by atoms with Crippen LogP contribution in [0, 0.1) is 6.92 Å². The van der Waals surface area contributed by atoms with Crippen molar-refractivity contribution in [2.45, 2.75) is 39.2 Å². The summed E-state index contributed by atoms with van der Waals surface area (Å²) in [6.07, 6.45) is 4.40. The molecule has 1 saturated heterocycles. The number of hydrogen-bond acceptors (Lipinski definition) is 5. The lowest BCUT2D eigenvalue weighted by Gasteiger charge is -2.13. The minimum absolute atomic E-state index is 0.122. The lowest BCUT2D eigenvalue weighted by molar-refractivity contribution is 0.0933. The maximum atomic E-state index is 12.8. The molecule has 8 nitrogen and oxygen atoms in total. The topological polar surface area (TPSA) is 100 Å². The van der Waals surface area contributed by atoms with Gasteiger partial charge in [0.2, 0.25) is 0 Å². The summed E-state index contributed by atoms with van der Waals surface area (Å²) in [7, 11) is 0. The fraction of sp³-hybridized carbons (Fsp3) is 0.444. The number of aromatic nitrogens is 5. The number of carbonyl (C=O) groups is 1. The van der Waals surface area contributed by atoms with Gasteiger partial charge in [0, 0.05) is 29.9 Å². The standard InChI is InChI=1S/C18H23N7O/c1-10(2)14-15(12-6-11(3)17-20-9-21-25(17)8-12)23-24-16(14)18(26)22-13-4-5-19-7-13/h6,8-10,13,19H,4-5,7H2,1-3H3,(H,22,26)(H,23,24)/t13-/m1/s1. The van der Waals surface area contributed by atoms with Gasteiger partial charge in [0.1, 0.15) is 6.33 Å². The molecule has 136 valence electrons. The molecule has 4 heterocycles. The van der Waals surface area contributed by atoms with E-state index in [4.69, 9.17) is 0 Å². The number of nitrogens with zero attached hydrogens (tertiary/aromatic N) is 4. The molecular formula is C18H23N7O. The first-order valence-corrected chi connectivity index (χ1v) is 8.94. The van der Waals surface area contributed by atoms with Crippen LogP contribution < -0.4 is 10.6 Å². The SMILES string of the molecule is Cc1cc(-c2[nH]nc(C(=O)N[C@@H]3CCNC3)c2C(C)C)cn2ncnc12. The molecule has 0 radical (unpaired) electrons. The van der Waals surface area contributed by atoms with Gasteiger partial charge in [-0.25, -0.2) is 9.50 Å². The van der Waals surface area contributed by atoms with Gasteiger partial charge in [-0.2, -0.15) is 10.2 Å². The van der Waals surface area contributed by atoms with Crippen molar-refractivity contribution in [1.29, 1.82) is 0 Å². The Morgan fingerprint density at radius 3 is 3.00 bits per heavy atom. The van der Waals surface area contributed by atoms with Crippen molar-refractivity contribution < 1.29 is 4.79 Å². The molecule has 0 unspecified atom stereocenters. The second-order valence-electron chi connectivity index (χ2n) is 7.12. The van der Waals surface area contributed by atoms with Crippen LogP contribution in [0.15, 0.2) is 18.6 Å². The summed E-state index contributed by atoms with van der Waals surface area (Å²) in [5, 5.41) is 18.0. The van der Waals surface area contributed by atoms with Crippen LogP contribution in [0.1, 0.15) is 47.8 Å². The second kappa shape index (κ2) is 6.53. The Balaban J connectivity index is 1.74. The van der Waals surface area contributed by atoms with Crippen molar-refractivity contribution >= 4 is 11.6 Å². The van der Waals surface area contributed by atoms with Gasteiger partial charge in [-0.15, -0.1) is 0 Å². The van der Waals surface area contributed by atoms with Gasteiger partial charge in [-0.3, -0.25) is 9.89 Å². The number of rotatable bonds is 4. The van der Waals surface area contributed by atoms with Crippen LogP contribution in [-0.2, 0) is 0 Å². The first-order valence-electron chi connectivity index (χ1n) is 8.94. The third-order valence-electron chi connectivity index (χ3n) is 4.84. The number of amides is 1. The molecule has 1 aliphatic rings. The zero-order valence-corrected chi connectivity index (χ0v) is 15.2. The van der Waals surface area contributed by atoms with Gasteiger partial charge in [0.25, 0.3) is 5.91 Å². The molecule has 8 heteroatoms. The van der Waals surface area contributed by atoms with Crippen LogP contribution in [-0.4, -0.2) is 49.8 Å². The summed E-state index contributed by atoms with van der Waals surface area (Å²) in [5.41, 5.74) is 5.04. The lowest BCUT2D eigenvalue weighted by atomic mass is 9.96. The Hall–Kier alpha value is -2.74. The Bertz CT molecular complexity index is 950. The van der Waals surface area contributed by atoms with E-state index >= 15 is 0 Å². The summed E-state index contributed by atoms with van der Waals surface area (Å²) in [6.45, 7) is 7.89. The maximum Gasteiger partial charge on any atom is 0.272 e. The van der Waals surface area contributed by atoms with E-state index in [-0.39, 0.29) is 17.9 Å². The van der Waals surface area contributed by atoms with Crippen LogP contribution >= 0.6 is 0 Å². The van der Waals surface area contributed by atoms with Crippen molar-refractivity contribution in [3.05, 3.63) is 35.4 Å². The molecule has 1 atom stereocenters. The molecule has 1 amide bonds. The molecule has 3 aromatic rings. The lowest BCUT2D eigenvalue weighted by Crippen LogP contribution is -2.36. The summed E-state index contributed by atoms with van der Waals surface area (Å²) in [4.78, 5) is 17.0. The monoisotopic (exact) mass is 353 g/mol. The third-order valence-corrected chi connectivity index (χ3v) is 4.84. The molecule has 0 aliphatic carbocycles. The predicted molar refractivity (Wildman–Crippen MR) is 98.1 cm³/mol. The van der Waals surface area contributed by atoms with Gasteiger partial charge >= 0.3 is 0 Å². The number of aryl methyl sites for hydroxylation is 1. The van der Waals surface area contributed by atoms with E-state index in [1.54, 1.807) is 4.52 Å². The van der Waals surface area contributed by atoms with Crippen LogP contribution in [0.2, 0.25) is 0 Å². The molecule has 1 aliphatic heterocycles. The van der Waals surface area contributed by atoms with Gasteiger partial charge in [0.15, 0.2) is 11.3 Å². The highest BCUT2D eigenvalue weighted by Gasteiger charge is 2.25. The van der Waals surface area contributed by atoms with E-state index < -0.39 is 0 Å². The van der Waals surface area contributed by atoms with E-state index in [0.29, 0.717) is 5.69 Å². The summed E-state index contributed by atoms with van der Waals surface area (Å²) in [5.74, 6) is 0.0291. The van der Waals surface area contributed by atoms with Crippen LogP contribution in [0.4, 0.5) is 0 Å². The van der Waals surface area contributed by atoms with Gasteiger partial charge < -0.3 is 10.6 Å². The predicted octanol–water partition coefficient (Wildman–Crippen LogP) is 1.64. The molecule has 3 N–H and O–H groups in total. The first kappa shape index (κ1) is 16.7. The fourth-order valence-corrected chi connectivity index (χ4v) is 3.57. The normalized spacial score (nSPS) is 17.3. The Morgan fingerprint density at radius 1 is 1.42 bits per heavy atom. The molecular weight excluding hydrogens is 330 g/mol. The number of carbonyl (C=O) groups excluding carboxylic acids is 1. The molecule has 4 rings (SSSR count). The van der Waals surface area contributed by atoms with E-state index in [1.807, 2.05) is 19.2 Å². The van der Waals surface area contributed by atoms with Crippen molar-refractivity contribution in [2.24, 2.45) is 0 Å². The number of pyridine rings is 1. The maximum absolute atomic E-state index is 12.8. The second-order valence-corrected chi connectivity index (χ2v) is 7.12. The highest BCUT2D eigenvalue weighted by molar-refractivity contribution is 5.96. The van der Waals surface area contributed by atoms with Gasteiger partial charge in [0.05, 0.1) is 5.69 Å². The molecule has 1 fully saturated rings. The van der Waals surface area contributed by atoms with Crippen molar-refractivity contribution in [3.63, 3.8) is 0 Å². The number of hydrogen-bond donors (Lipinski definition) is 3. The number of aromatic amines is 1. The Labute approximate surface area is 151 Å². The minimum Gasteiger partial charge on any atom is -0.347 e.